The van der Waals surface area contributed by atoms with Gasteiger partial charge in [0.25, 0.3) is 0 Å². The summed E-state index contributed by atoms with van der Waals surface area (Å²) in [5, 5.41) is 8.58. The van der Waals surface area contributed by atoms with Gasteiger partial charge in [0.05, 0.1) is 18.0 Å². The van der Waals surface area contributed by atoms with Gasteiger partial charge < -0.3 is 4.74 Å². The molecule has 0 aliphatic rings. The van der Waals surface area contributed by atoms with E-state index in [4.69, 9.17) is 12.2 Å². The van der Waals surface area contributed by atoms with Crippen LogP contribution < -0.4 is 0 Å². The second-order valence-electron chi connectivity index (χ2n) is 3.65. The first-order valence-electron chi connectivity index (χ1n) is 5.31. The van der Waals surface area contributed by atoms with Crippen molar-refractivity contribution >= 4 is 23.6 Å². The number of hydrogen-bond acceptors (Lipinski definition) is 4. The molecule has 2 rings (SSSR count). The van der Waals surface area contributed by atoms with Gasteiger partial charge in [0.15, 0.2) is 10.6 Å². The topological polar surface area (TPSA) is 42.8 Å². The molecule has 0 aliphatic carbocycles. The molecular weight excluding hydrogens is 299 g/mol. The Balaban J connectivity index is 2.01. The smallest absolute Gasteiger partial charge is 0.370 e. The first-order chi connectivity index (χ1) is 8.97. The van der Waals surface area contributed by atoms with Crippen molar-refractivity contribution in [3.8, 4) is 10.7 Å². The van der Waals surface area contributed by atoms with E-state index >= 15 is 0 Å². The van der Waals surface area contributed by atoms with E-state index in [1.807, 2.05) is 17.5 Å². The Hall–Kier alpha value is -1.19. The molecule has 2 aromatic rings. The molecule has 0 amide bonds. The van der Waals surface area contributed by atoms with Crippen LogP contribution in [0.25, 0.3) is 10.7 Å². The fourth-order valence-electron chi connectivity index (χ4n) is 1.46. The van der Waals surface area contributed by atoms with E-state index < -0.39 is 12.8 Å². The molecule has 0 fully saturated rings. The first kappa shape index (κ1) is 14.2. The summed E-state index contributed by atoms with van der Waals surface area (Å²) in [7, 11) is 0. The van der Waals surface area contributed by atoms with Crippen molar-refractivity contribution in [2.24, 2.45) is 0 Å². The minimum absolute atomic E-state index is 0.0777. The summed E-state index contributed by atoms with van der Waals surface area (Å²) >= 11 is 6.52. The lowest BCUT2D eigenvalue weighted by Gasteiger charge is -2.08. The van der Waals surface area contributed by atoms with Gasteiger partial charge in [-0.15, -0.1) is 11.3 Å². The van der Waals surface area contributed by atoms with Gasteiger partial charge in [0.2, 0.25) is 0 Å². The van der Waals surface area contributed by atoms with Crippen LogP contribution in [0.3, 0.4) is 0 Å². The number of thiophene rings is 1. The molecule has 0 spiro atoms. The highest BCUT2D eigenvalue weighted by Gasteiger charge is 2.27. The van der Waals surface area contributed by atoms with Crippen LogP contribution >= 0.6 is 23.6 Å². The highest BCUT2D eigenvalue weighted by molar-refractivity contribution is 7.71. The minimum Gasteiger partial charge on any atom is -0.370 e. The Kier molecular flexibility index (Phi) is 4.38. The lowest BCUT2D eigenvalue weighted by Crippen LogP contribution is -2.19. The lowest BCUT2D eigenvalue weighted by atomic mass is 10.4. The summed E-state index contributed by atoms with van der Waals surface area (Å²) in [6.45, 7) is -1.11. The third-order valence-electron chi connectivity index (χ3n) is 2.22. The van der Waals surface area contributed by atoms with Crippen LogP contribution in [0, 0.1) is 4.77 Å². The molecule has 0 aromatic carbocycles. The van der Waals surface area contributed by atoms with Crippen molar-refractivity contribution in [2.45, 2.75) is 12.7 Å². The molecule has 104 valence electrons. The summed E-state index contributed by atoms with van der Waals surface area (Å²) in [6, 6.07) is 3.73. The van der Waals surface area contributed by atoms with Crippen molar-refractivity contribution in [1.82, 2.24) is 14.8 Å². The Morgan fingerprint density at radius 2 is 2.26 bits per heavy atom. The van der Waals surface area contributed by atoms with E-state index in [1.165, 1.54) is 11.3 Å². The van der Waals surface area contributed by atoms with Crippen molar-refractivity contribution < 1.29 is 17.9 Å². The number of alkyl halides is 3. The number of aromatic amines is 1. The molecule has 4 nitrogen and oxygen atoms in total. The van der Waals surface area contributed by atoms with Gasteiger partial charge in [-0.25, -0.2) is 0 Å². The van der Waals surface area contributed by atoms with Crippen LogP contribution in [-0.4, -0.2) is 34.2 Å². The predicted octanol–water partition coefficient (Wildman–Crippen LogP) is 3.25. The third kappa shape index (κ3) is 3.88. The fourth-order valence-corrected chi connectivity index (χ4v) is 2.41. The number of hydrogen-bond donors (Lipinski definition) is 1. The summed E-state index contributed by atoms with van der Waals surface area (Å²) in [4.78, 5) is 0.892. The zero-order valence-electron chi connectivity index (χ0n) is 9.61. The van der Waals surface area contributed by atoms with Crippen LogP contribution in [0.1, 0.15) is 0 Å². The molecule has 0 saturated carbocycles. The Morgan fingerprint density at radius 3 is 2.89 bits per heavy atom. The van der Waals surface area contributed by atoms with Gasteiger partial charge in [0, 0.05) is 0 Å². The Bertz CT molecular complexity index is 574. The van der Waals surface area contributed by atoms with Crippen LogP contribution in [0.2, 0.25) is 0 Å². The SMILES string of the molecule is FC(F)(F)COCCn1c(-c2cccs2)n[nH]c1=S. The van der Waals surface area contributed by atoms with Gasteiger partial charge in [-0.3, -0.25) is 9.67 Å². The Morgan fingerprint density at radius 1 is 1.47 bits per heavy atom. The highest BCUT2D eigenvalue weighted by Crippen LogP contribution is 2.22. The second kappa shape index (κ2) is 5.85. The van der Waals surface area contributed by atoms with Gasteiger partial charge in [-0.05, 0) is 23.7 Å². The summed E-state index contributed by atoms with van der Waals surface area (Å²) < 4.78 is 42.4. The summed E-state index contributed by atoms with van der Waals surface area (Å²) in [5.41, 5.74) is 0. The number of nitrogens with one attached hydrogen (secondary N) is 1. The van der Waals surface area contributed by atoms with Gasteiger partial charge in [-0.2, -0.15) is 18.3 Å². The minimum atomic E-state index is -4.31. The molecule has 0 unspecified atom stereocenters. The maximum absolute atomic E-state index is 11.9. The molecule has 0 aliphatic heterocycles. The van der Waals surface area contributed by atoms with Gasteiger partial charge >= 0.3 is 6.18 Å². The van der Waals surface area contributed by atoms with E-state index in [9.17, 15) is 13.2 Å². The molecule has 0 radical (unpaired) electrons. The molecule has 19 heavy (non-hydrogen) atoms. The van der Waals surface area contributed by atoms with Gasteiger partial charge in [-0.1, -0.05) is 6.07 Å². The number of halogens is 3. The lowest BCUT2D eigenvalue weighted by molar-refractivity contribution is -0.174. The Labute approximate surface area is 115 Å². The molecule has 0 saturated heterocycles. The average molecular weight is 309 g/mol. The van der Waals surface area contributed by atoms with E-state index in [-0.39, 0.29) is 13.2 Å². The molecule has 2 aromatic heterocycles. The normalized spacial score (nSPS) is 11.9. The molecular formula is C10H10F3N3OS2. The number of rotatable bonds is 5. The molecule has 9 heteroatoms. The maximum atomic E-state index is 11.9. The van der Waals surface area contributed by atoms with Crippen molar-refractivity contribution in [3.05, 3.63) is 22.3 Å². The molecule has 0 bridgehead atoms. The fraction of sp³-hybridized carbons (Fsp3) is 0.400. The molecule has 2 heterocycles. The number of ether oxygens (including phenoxy) is 1. The van der Waals surface area contributed by atoms with E-state index in [0.29, 0.717) is 10.6 Å². The zero-order valence-corrected chi connectivity index (χ0v) is 11.2. The molecule has 0 atom stereocenters. The van der Waals surface area contributed by atoms with Crippen LogP contribution in [0.5, 0.6) is 0 Å². The van der Waals surface area contributed by atoms with Crippen molar-refractivity contribution in [2.75, 3.05) is 13.2 Å². The largest absolute Gasteiger partial charge is 0.411 e. The van der Waals surface area contributed by atoms with E-state index in [2.05, 4.69) is 14.9 Å². The summed E-state index contributed by atoms with van der Waals surface area (Å²) in [5.74, 6) is 0.607. The van der Waals surface area contributed by atoms with E-state index in [1.54, 1.807) is 4.57 Å². The quantitative estimate of drug-likeness (QED) is 0.681. The zero-order chi connectivity index (χ0) is 13.9. The van der Waals surface area contributed by atoms with Gasteiger partial charge in [0.1, 0.15) is 6.61 Å². The van der Waals surface area contributed by atoms with Crippen LogP contribution in [0.4, 0.5) is 13.2 Å². The van der Waals surface area contributed by atoms with Crippen LogP contribution in [-0.2, 0) is 11.3 Å². The highest BCUT2D eigenvalue weighted by atomic mass is 32.1. The average Bonchev–Trinajstić information content (AvgIpc) is 2.93. The first-order valence-corrected chi connectivity index (χ1v) is 6.60. The monoisotopic (exact) mass is 309 g/mol. The maximum Gasteiger partial charge on any atom is 0.411 e. The number of aromatic nitrogens is 3. The second-order valence-corrected chi connectivity index (χ2v) is 4.98. The molecule has 1 N–H and O–H groups in total. The summed E-state index contributed by atoms with van der Waals surface area (Å²) in [6.07, 6.45) is -4.31. The third-order valence-corrected chi connectivity index (χ3v) is 3.40. The standard InChI is InChI=1S/C10H10F3N3OS2/c11-10(12,13)6-17-4-3-16-8(14-15-9(16)18)7-2-1-5-19-7/h1-2,5H,3-4,6H2,(H,15,18). The number of nitrogens with zero attached hydrogens (tertiary/aromatic N) is 2. The van der Waals surface area contributed by atoms with Crippen molar-refractivity contribution in [1.29, 1.82) is 0 Å². The van der Waals surface area contributed by atoms with E-state index in [0.717, 1.165) is 4.88 Å². The predicted molar refractivity (Wildman–Crippen MR) is 67.6 cm³/mol. The van der Waals surface area contributed by atoms with Crippen LogP contribution in [0.15, 0.2) is 17.5 Å². The van der Waals surface area contributed by atoms with Crippen molar-refractivity contribution in [3.63, 3.8) is 0 Å². The number of H-pyrrole nitrogens is 1.